The van der Waals surface area contributed by atoms with Gasteiger partial charge in [0.1, 0.15) is 18.3 Å². The van der Waals surface area contributed by atoms with Crippen molar-refractivity contribution in [3.05, 3.63) is 120 Å². The van der Waals surface area contributed by atoms with Gasteiger partial charge in [-0.15, -0.1) is 0 Å². The number of rotatable bonds is 7. The second kappa shape index (κ2) is 9.32. The zero-order chi connectivity index (χ0) is 22.5. The van der Waals surface area contributed by atoms with Gasteiger partial charge in [-0.25, -0.2) is 9.67 Å². The Kier molecular flexibility index (Phi) is 5.75. The molecule has 0 bridgehead atoms. The van der Waals surface area contributed by atoms with Gasteiger partial charge in [0.25, 0.3) is 5.91 Å². The van der Waals surface area contributed by atoms with Gasteiger partial charge in [0, 0.05) is 17.4 Å². The summed E-state index contributed by atoms with van der Waals surface area (Å²) in [7, 11) is 0. The number of carbonyl (C=O) groups is 1. The van der Waals surface area contributed by atoms with Gasteiger partial charge in [0.2, 0.25) is 0 Å². The minimum atomic E-state index is -0.203. The number of nitrogens with one attached hydrogen (secondary N) is 1. The van der Waals surface area contributed by atoms with Crippen molar-refractivity contribution in [3.63, 3.8) is 0 Å². The van der Waals surface area contributed by atoms with Crippen molar-refractivity contribution in [2.75, 3.05) is 5.32 Å². The summed E-state index contributed by atoms with van der Waals surface area (Å²) >= 11 is 0. The summed E-state index contributed by atoms with van der Waals surface area (Å²) in [6.45, 7) is 1.16. The van der Waals surface area contributed by atoms with Crippen LogP contribution in [0.2, 0.25) is 0 Å². The van der Waals surface area contributed by atoms with E-state index in [0.717, 1.165) is 16.7 Å². The molecule has 0 aliphatic carbocycles. The Balaban J connectivity index is 1.42. The molecule has 2 aromatic heterocycles. The predicted octanol–water partition coefficient (Wildman–Crippen LogP) is 4.49. The fraction of sp³-hybridized carbons (Fsp3) is 0.0769. The molecular weight excluding hydrogens is 412 g/mol. The number of anilines is 1. The fourth-order valence-corrected chi connectivity index (χ4v) is 3.70. The highest BCUT2D eigenvalue weighted by Crippen LogP contribution is 2.24. The van der Waals surface area contributed by atoms with Gasteiger partial charge in [0.15, 0.2) is 0 Å². The molecule has 7 heteroatoms. The van der Waals surface area contributed by atoms with Gasteiger partial charge in [-0.3, -0.25) is 9.48 Å². The summed E-state index contributed by atoms with van der Waals surface area (Å²) in [6.07, 6.45) is 4.98. The molecule has 0 saturated carbocycles. The molecule has 0 aliphatic rings. The first kappa shape index (κ1) is 20.4. The molecule has 0 fully saturated rings. The van der Waals surface area contributed by atoms with E-state index in [-0.39, 0.29) is 5.91 Å². The molecule has 1 N–H and O–H groups in total. The molecule has 3 aromatic carbocycles. The molecule has 33 heavy (non-hydrogen) atoms. The van der Waals surface area contributed by atoms with Gasteiger partial charge in [0.05, 0.1) is 18.7 Å². The van der Waals surface area contributed by atoms with Crippen LogP contribution in [0.4, 0.5) is 5.69 Å². The Morgan fingerprint density at radius 3 is 2.30 bits per heavy atom. The largest absolute Gasteiger partial charge is 0.322 e. The zero-order valence-electron chi connectivity index (χ0n) is 17.9. The van der Waals surface area contributed by atoms with Crippen LogP contribution in [0.3, 0.4) is 0 Å². The van der Waals surface area contributed by atoms with E-state index < -0.39 is 0 Å². The molecular formula is C26H22N6O. The number of aromatic nitrogens is 5. The van der Waals surface area contributed by atoms with Crippen molar-refractivity contribution in [3.8, 4) is 11.3 Å². The van der Waals surface area contributed by atoms with E-state index in [1.807, 2.05) is 95.8 Å². The van der Waals surface area contributed by atoms with Crippen molar-refractivity contribution in [1.29, 1.82) is 0 Å². The lowest BCUT2D eigenvalue weighted by Gasteiger charge is -2.08. The molecule has 0 radical (unpaired) electrons. The first-order valence-electron chi connectivity index (χ1n) is 10.6. The minimum Gasteiger partial charge on any atom is -0.322 e. The summed E-state index contributed by atoms with van der Waals surface area (Å²) in [5, 5.41) is 11.9. The SMILES string of the molecule is O=C(Nc1cccc(Cn2cncn2)c1)c1cn(Cc2ccccc2)nc1-c1ccccc1. The molecule has 0 unspecified atom stereocenters. The van der Waals surface area contributed by atoms with E-state index in [9.17, 15) is 4.79 Å². The van der Waals surface area contributed by atoms with E-state index in [1.54, 1.807) is 11.0 Å². The topological polar surface area (TPSA) is 77.6 Å². The second-order valence-corrected chi connectivity index (χ2v) is 7.69. The molecule has 0 saturated heterocycles. The predicted molar refractivity (Wildman–Crippen MR) is 127 cm³/mol. The van der Waals surface area contributed by atoms with Crippen molar-refractivity contribution in [1.82, 2.24) is 24.5 Å². The highest BCUT2D eigenvalue weighted by molar-refractivity contribution is 6.08. The monoisotopic (exact) mass is 434 g/mol. The lowest BCUT2D eigenvalue weighted by Crippen LogP contribution is -2.12. The molecule has 1 amide bonds. The molecule has 7 nitrogen and oxygen atoms in total. The highest BCUT2D eigenvalue weighted by atomic mass is 16.1. The third-order valence-electron chi connectivity index (χ3n) is 5.24. The molecule has 162 valence electrons. The van der Waals surface area contributed by atoms with Crippen LogP contribution in [-0.2, 0) is 13.1 Å². The maximum Gasteiger partial charge on any atom is 0.259 e. The van der Waals surface area contributed by atoms with Gasteiger partial charge in [-0.2, -0.15) is 10.2 Å². The number of carbonyl (C=O) groups excluding carboxylic acids is 1. The highest BCUT2D eigenvalue weighted by Gasteiger charge is 2.18. The van der Waals surface area contributed by atoms with Crippen LogP contribution in [-0.4, -0.2) is 30.5 Å². The van der Waals surface area contributed by atoms with Crippen molar-refractivity contribution >= 4 is 11.6 Å². The summed E-state index contributed by atoms with van der Waals surface area (Å²) in [6, 6.07) is 27.6. The van der Waals surface area contributed by atoms with Crippen LogP contribution < -0.4 is 5.32 Å². The molecule has 0 atom stereocenters. The number of hydrogen-bond donors (Lipinski definition) is 1. The Morgan fingerprint density at radius 1 is 0.818 bits per heavy atom. The fourth-order valence-electron chi connectivity index (χ4n) is 3.70. The molecule has 2 heterocycles. The average molecular weight is 435 g/mol. The van der Waals surface area contributed by atoms with Crippen LogP contribution in [0.15, 0.2) is 104 Å². The summed E-state index contributed by atoms with van der Waals surface area (Å²) in [5.74, 6) is -0.203. The average Bonchev–Trinajstić information content (AvgIpc) is 3.51. The summed E-state index contributed by atoms with van der Waals surface area (Å²) in [4.78, 5) is 17.3. The van der Waals surface area contributed by atoms with Crippen LogP contribution >= 0.6 is 0 Å². The third-order valence-corrected chi connectivity index (χ3v) is 5.24. The van der Waals surface area contributed by atoms with Gasteiger partial charge in [-0.1, -0.05) is 72.8 Å². The van der Waals surface area contributed by atoms with Gasteiger partial charge >= 0.3 is 0 Å². The van der Waals surface area contributed by atoms with Crippen LogP contribution in [0.25, 0.3) is 11.3 Å². The normalized spacial score (nSPS) is 10.8. The lowest BCUT2D eigenvalue weighted by atomic mass is 10.1. The minimum absolute atomic E-state index is 0.203. The second-order valence-electron chi connectivity index (χ2n) is 7.69. The first-order valence-corrected chi connectivity index (χ1v) is 10.6. The number of benzene rings is 3. The van der Waals surface area contributed by atoms with E-state index >= 15 is 0 Å². The number of nitrogens with zero attached hydrogens (tertiary/aromatic N) is 5. The Bertz CT molecular complexity index is 1340. The Labute approximate surface area is 191 Å². The van der Waals surface area contributed by atoms with Crippen LogP contribution in [0.1, 0.15) is 21.5 Å². The van der Waals surface area contributed by atoms with Crippen LogP contribution in [0, 0.1) is 0 Å². The molecule has 0 spiro atoms. The lowest BCUT2D eigenvalue weighted by molar-refractivity contribution is 0.102. The van der Waals surface area contributed by atoms with Crippen molar-refractivity contribution in [2.45, 2.75) is 13.1 Å². The Hall–Kier alpha value is -4.52. The van der Waals surface area contributed by atoms with E-state index in [0.29, 0.717) is 30.0 Å². The smallest absolute Gasteiger partial charge is 0.259 e. The standard InChI is InChI=1S/C26H22N6O/c33-26(29-23-13-7-10-21(14-23)16-32-19-27-18-28-32)24-17-31(15-20-8-3-1-4-9-20)30-25(24)22-11-5-2-6-12-22/h1-14,17-19H,15-16H2,(H,29,33). The first-order chi connectivity index (χ1) is 16.2. The Morgan fingerprint density at radius 2 is 1.55 bits per heavy atom. The maximum absolute atomic E-state index is 13.3. The molecule has 5 aromatic rings. The van der Waals surface area contributed by atoms with Gasteiger partial charge < -0.3 is 5.32 Å². The molecule has 0 aliphatic heterocycles. The van der Waals surface area contributed by atoms with E-state index in [4.69, 9.17) is 5.10 Å². The summed E-state index contributed by atoms with van der Waals surface area (Å²) in [5.41, 5.74) is 4.93. The van der Waals surface area contributed by atoms with E-state index in [2.05, 4.69) is 15.4 Å². The maximum atomic E-state index is 13.3. The van der Waals surface area contributed by atoms with E-state index in [1.165, 1.54) is 6.33 Å². The van der Waals surface area contributed by atoms with Crippen LogP contribution in [0.5, 0.6) is 0 Å². The third kappa shape index (κ3) is 4.88. The van der Waals surface area contributed by atoms with Crippen molar-refractivity contribution < 1.29 is 4.79 Å². The molecule has 5 rings (SSSR count). The zero-order valence-corrected chi connectivity index (χ0v) is 17.9. The summed E-state index contributed by atoms with van der Waals surface area (Å²) < 4.78 is 3.55. The quantitative estimate of drug-likeness (QED) is 0.409. The number of amides is 1. The van der Waals surface area contributed by atoms with Gasteiger partial charge in [-0.05, 0) is 23.3 Å². The van der Waals surface area contributed by atoms with Crippen molar-refractivity contribution in [2.24, 2.45) is 0 Å². The number of hydrogen-bond acceptors (Lipinski definition) is 4.